The van der Waals surface area contributed by atoms with Gasteiger partial charge in [-0.25, -0.2) is 14.4 Å². The van der Waals surface area contributed by atoms with E-state index in [0.29, 0.717) is 11.4 Å². The maximum absolute atomic E-state index is 13.8. The largest absolute Gasteiger partial charge is 0.372 e. The summed E-state index contributed by atoms with van der Waals surface area (Å²) >= 11 is 0. The zero-order valence-corrected chi connectivity index (χ0v) is 12.2. The van der Waals surface area contributed by atoms with Crippen molar-refractivity contribution in [2.24, 2.45) is 0 Å². The molecule has 0 bridgehead atoms. The van der Waals surface area contributed by atoms with E-state index in [1.54, 1.807) is 39.2 Å². The van der Waals surface area contributed by atoms with Gasteiger partial charge in [0, 0.05) is 19.7 Å². The number of anilines is 1. The summed E-state index contributed by atoms with van der Waals surface area (Å²) in [6.45, 7) is 1.77. The minimum Gasteiger partial charge on any atom is -0.372 e. The highest BCUT2D eigenvalue weighted by atomic mass is 19.1. The molecule has 0 radical (unpaired) electrons. The number of hydrogen-bond acceptors (Lipinski definition) is 4. The first kappa shape index (κ1) is 14.9. The Bertz CT molecular complexity index is 630. The van der Waals surface area contributed by atoms with Gasteiger partial charge in [0.2, 0.25) is 0 Å². The predicted octanol–water partition coefficient (Wildman–Crippen LogP) is 2.49. The Morgan fingerprint density at radius 2 is 2.00 bits per heavy atom. The SMILES string of the molecule is CNc1cnc(C(=O)N(C)C(C)c2ccccc2F)cn1. The smallest absolute Gasteiger partial charge is 0.274 e. The van der Waals surface area contributed by atoms with E-state index in [2.05, 4.69) is 15.3 Å². The summed E-state index contributed by atoms with van der Waals surface area (Å²) in [4.78, 5) is 21.9. The lowest BCUT2D eigenvalue weighted by atomic mass is 10.1. The van der Waals surface area contributed by atoms with Gasteiger partial charge >= 0.3 is 0 Å². The van der Waals surface area contributed by atoms with Gasteiger partial charge in [-0.05, 0) is 13.0 Å². The van der Waals surface area contributed by atoms with Gasteiger partial charge in [0.1, 0.15) is 17.3 Å². The number of benzene rings is 1. The molecule has 1 unspecified atom stereocenters. The third-order valence-electron chi connectivity index (χ3n) is 3.38. The third-order valence-corrected chi connectivity index (χ3v) is 3.38. The molecule has 1 aromatic carbocycles. The van der Waals surface area contributed by atoms with Crippen LogP contribution in [0.1, 0.15) is 29.0 Å². The van der Waals surface area contributed by atoms with E-state index in [9.17, 15) is 9.18 Å². The number of aromatic nitrogens is 2. The average molecular weight is 288 g/mol. The monoisotopic (exact) mass is 288 g/mol. The number of carbonyl (C=O) groups is 1. The molecule has 0 aliphatic heterocycles. The molecule has 110 valence electrons. The van der Waals surface area contributed by atoms with Crippen molar-refractivity contribution in [3.05, 3.63) is 53.7 Å². The molecule has 6 heteroatoms. The van der Waals surface area contributed by atoms with Crippen LogP contribution >= 0.6 is 0 Å². The molecule has 2 aromatic rings. The molecule has 1 N–H and O–H groups in total. The molecular weight excluding hydrogens is 271 g/mol. The molecule has 0 spiro atoms. The Morgan fingerprint density at radius 1 is 1.29 bits per heavy atom. The number of hydrogen-bond donors (Lipinski definition) is 1. The Hall–Kier alpha value is -2.50. The first-order valence-electron chi connectivity index (χ1n) is 6.56. The third kappa shape index (κ3) is 3.16. The lowest BCUT2D eigenvalue weighted by Gasteiger charge is -2.25. The highest BCUT2D eigenvalue weighted by molar-refractivity contribution is 5.92. The molecule has 1 atom stereocenters. The van der Waals surface area contributed by atoms with Crippen molar-refractivity contribution in [2.45, 2.75) is 13.0 Å². The van der Waals surface area contributed by atoms with E-state index in [1.807, 2.05) is 0 Å². The van der Waals surface area contributed by atoms with Crippen LogP contribution in [0.3, 0.4) is 0 Å². The van der Waals surface area contributed by atoms with Crippen molar-refractivity contribution in [3.63, 3.8) is 0 Å². The second-order valence-corrected chi connectivity index (χ2v) is 4.65. The highest BCUT2D eigenvalue weighted by Crippen LogP contribution is 2.22. The molecule has 1 heterocycles. The fourth-order valence-corrected chi connectivity index (χ4v) is 1.95. The normalized spacial score (nSPS) is 11.8. The zero-order chi connectivity index (χ0) is 15.4. The van der Waals surface area contributed by atoms with Crippen molar-refractivity contribution in [3.8, 4) is 0 Å². The Labute approximate surface area is 122 Å². The lowest BCUT2D eigenvalue weighted by Crippen LogP contribution is -2.30. The minimum absolute atomic E-state index is 0.222. The summed E-state index contributed by atoms with van der Waals surface area (Å²) < 4.78 is 13.8. The molecule has 0 fully saturated rings. The predicted molar refractivity (Wildman–Crippen MR) is 78.5 cm³/mol. The average Bonchev–Trinajstić information content (AvgIpc) is 2.53. The van der Waals surface area contributed by atoms with Crippen LogP contribution in [0.4, 0.5) is 10.2 Å². The molecule has 21 heavy (non-hydrogen) atoms. The van der Waals surface area contributed by atoms with E-state index in [1.165, 1.54) is 23.4 Å². The molecule has 1 aromatic heterocycles. The molecule has 5 nitrogen and oxygen atoms in total. The van der Waals surface area contributed by atoms with Crippen molar-refractivity contribution >= 4 is 11.7 Å². The maximum Gasteiger partial charge on any atom is 0.274 e. The van der Waals surface area contributed by atoms with Crippen LogP contribution in [0.15, 0.2) is 36.7 Å². The fraction of sp³-hybridized carbons (Fsp3) is 0.267. The number of amides is 1. The van der Waals surface area contributed by atoms with Crippen molar-refractivity contribution in [1.29, 1.82) is 0 Å². The maximum atomic E-state index is 13.8. The van der Waals surface area contributed by atoms with E-state index in [0.717, 1.165) is 0 Å². The Balaban J connectivity index is 2.20. The van der Waals surface area contributed by atoms with Gasteiger partial charge in [-0.1, -0.05) is 18.2 Å². The van der Waals surface area contributed by atoms with Crippen LogP contribution in [0.25, 0.3) is 0 Å². The van der Waals surface area contributed by atoms with Crippen LogP contribution in [-0.2, 0) is 0 Å². The van der Waals surface area contributed by atoms with Gasteiger partial charge in [-0.2, -0.15) is 0 Å². The fourth-order valence-electron chi connectivity index (χ4n) is 1.95. The number of rotatable bonds is 4. The first-order valence-corrected chi connectivity index (χ1v) is 6.56. The summed E-state index contributed by atoms with van der Waals surface area (Å²) in [6.07, 6.45) is 2.88. The number of halogens is 1. The topological polar surface area (TPSA) is 58.1 Å². The molecule has 2 rings (SSSR count). The summed E-state index contributed by atoms with van der Waals surface area (Å²) in [5, 5.41) is 2.83. The van der Waals surface area contributed by atoms with Gasteiger partial charge in [-0.15, -0.1) is 0 Å². The standard InChI is InChI=1S/C15H17FN4O/c1-10(11-6-4-5-7-12(11)16)20(3)15(21)13-8-19-14(17-2)9-18-13/h4-10H,1-3H3,(H,17,19). The zero-order valence-electron chi connectivity index (χ0n) is 12.2. The van der Waals surface area contributed by atoms with Gasteiger partial charge in [-0.3, -0.25) is 4.79 Å². The quantitative estimate of drug-likeness (QED) is 0.939. The van der Waals surface area contributed by atoms with Gasteiger partial charge in [0.25, 0.3) is 5.91 Å². The van der Waals surface area contributed by atoms with Crippen molar-refractivity contribution in [1.82, 2.24) is 14.9 Å². The number of carbonyl (C=O) groups excluding carboxylic acids is 1. The lowest BCUT2D eigenvalue weighted by molar-refractivity contribution is 0.0734. The van der Waals surface area contributed by atoms with E-state index in [-0.39, 0.29) is 17.4 Å². The molecule has 1 amide bonds. The molecule has 0 saturated carbocycles. The van der Waals surface area contributed by atoms with Crippen LogP contribution in [0, 0.1) is 5.82 Å². The molecule has 0 saturated heterocycles. The summed E-state index contributed by atoms with van der Waals surface area (Å²) in [6, 6.07) is 6.01. The first-order chi connectivity index (χ1) is 10.0. The molecule has 0 aliphatic carbocycles. The molecule has 0 aliphatic rings. The second-order valence-electron chi connectivity index (χ2n) is 4.65. The summed E-state index contributed by atoms with van der Waals surface area (Å²) in [7, 11) is 3.34. The van der Waals surface area contributed by atoms with Gasteiger partial charge < -0.3 is 10.2 Å². The van der Waals surface area contributed by atoms with E-state index < -0.39 is 6.04 Å². The van der Waals surface area contributed by atoms with Gasteiger partial charge in [0.05, 0.1) is 18.4 Å². The van der Waals surface area contributed by atoms with Crippen LogP contribution < -0.4 is 5.32 Å². The van der Waals surface area contributed by atoms with Crippen molar-refractivity contribution in [2.75, 3.05) is 19.4 Å². The highest BCUT2D eigenvalue weighted by Gasteiger charge is 2.22. The Kier molecular flexibility index (Phi) is 4.47. The minimum atomic E-state index is -0.399. The Morgan fingerprint density at radius 3 is 2.57 bits per heavy atom. The van der Waals surface area contributed by atoms with Crippen LogP contribution in [0.5, 0.6) is 0 Å². The second kappa shape index (κ2) is 6.30. The number of nitrogens with zero attached hydrogens (tertiary/aromatic N) is 3. The van der Waals surface area contributed by atoms with Crippen LogP contribution in [-0.4, -0.2) is 34.9 Å². The van der Waals surface area contributed by atoms with E-state index >= 15 is 0 Å². The summed E-state index contributed by atoms with van der Waals surface area (Å²) in [5.74, 6) is -0.0569. The summed E-state index contributed by atoms with van der Waals surface area (Å²) in [5.41, 5.74) is 0.688. The molecular formula is C15H17FN4O. The van der Waals surface area contributed by atoms with Crippen LogP contribution in [0.2, 0.25) is 0 Å². The van der Waals surface area contributed by atoms with E-state index in [4.69, 9.17) is 0 Å². The van der Waals surface area contributed by atoms with Crippen molar-refractivity contribution < 1.29 is 9.18 Å². The number of nitrogens with one attached hydrogen (secondary N) is 1. The van der Waals surface area contributed by atoms with Gasteiger partial charge in [0.15, 0.2) is 0 Å².